The van der Waals surface area contributed by atoms with Gasteiger partial charge in [0.05, 0.1) is 16.6 Å². The lowest BCUT2D eigenvalue weighted by Crippen LogP contribution is -2.28. The molecule has 1 aliphatic heterocycles. The minimum absolute atomic E-state index is 0.0452. The number of benzene rings is 1. The third-order valence-corrected chi connectivity index (χ3v) is 4.43. The number of nitrogens with zero attached hydrogens (tertiary/aromatic N) is 2. The maximum atomic E-state index is 12.4. The number of rotatable bonds is 4. The molecule has 7 heteroatoms. The molecule has 1 aliphatic rings. The second-order valence-electron chi connectivity index (χ2n) is 5.65. The quantitative estimate of drug-likeness (QED) is 0.905. The molecule has 0 saturated carbocycles. The Morgan fingerprint density at radius 1 is 1.33 bits per heavy atom. The minimum atomic E-state index is -0.413. The van der Waals surface area contributed by atoms with Crippen LogP contribution in [0.3, 0.4) is 0 Å². The largest absolute Gasteiger partial charge is 0.337 e. The Balaban J connectivity index is 1.64. The van der Waals surface area contributed by atoms with E-state index in [1.54, 1.807) is 35.5 Å². The predicted octanol–water partition coefficient (Wildman–Crippen LogP) is 3.38. The van der Waals surface area contributed by atoms with E-state index < -0.39 is 5.92 Å². The molecule has 3 rings (SSSR count). The van der Waals surface area contributed by atoms with Crippen LogP contribution in [0.4, 0.5) is 5.69 Å². The number of hydrogen-bond donors (Lipinski definition) is 1. The first kappa shape index (κ1) is 16.7. The van der Waals surface area contributed by atoms with Gasteiger partial charge in [0, 0.05) is 36.9 Å². The Morgan fingerprint density at radius 3 is 2.92 bits per heavy atom. The highest BCUT2D eigenvalue weighted by Gasteiger charge is 2.34. The molecule has 2 heterocycles. The van der Waals surface area contributed by atoms with Gasteiger partial charge in [0.2, 0.25) is 11.8 Å². The third kappa shape index (κ3) is 3.86. The molecular weight excluding hydrogens is 349 g/mol. The maximum Gasteiger partial charge on any atom is 0.229 e. The Hall–Kier alpha value is -2.11. The van der Waals surface area contributed by atoms with Crippen molar-refractivity contribution in [3.05, 3.63) is 58.3 Å². The van der Waals surface area contributed by atoms with Gasteiger partial charge in [-0.1, -0.05) is 29.3 Å². The summed E-state index contributed by atoms with van der Waals surface area (Å²) in [4.78, 5) is 30.3. The van der Waals surface area contributed by atoms with Crippen molar-refractivity contribution >= 4 is 40.7 Å². The van der Waals surface area contributed by atoms with Gasteiger partial charge in [-0.25, -0.2) is 0 Å². The van der Waals surface area contributed by atoms with E-state index in [0.717, 1.165) is 5.56 Å². The average Bonchev–Trinajstić information content (AvgIpc) is 2.93. The molecule has 24 heavy (non-hydrogen) atoms. The van der Waals surface area contributed by atoms with Gasteiger partial charge in [-0.3, -0.25) is 14.6 Å². The molecule has 0 bridgehead atoms. The number of carbonyl (C=O) groups excluding carboxylic acids is 2. The first-order valence-electron chi connectivity index (χ1n) is 7.45. The van der Waals surface area contributed by atoms with Crippen LogP contribution in [0.1, 0.15) is 12.0 Å². The topological polar surface area (TPSA) is 62.3 Å². The number of anilines is 1. The molecule has 0 aliphatic carbocycles. The van der Waals surface area contributed by atoms with E-state index in [1.807, 2.05) is 12.1 Å². The molecule has 1 fully saturated rings. The van der Waals surface area contributed by atoms with Gasteiger partial charge >= 0.3 is 0 Å². The summed E-state index contributed by atoms with van der Waals surface area (Å²) in [6.45, 7) is 0.826. The first-order chi connectivity index (χ1) is 11.5. The van der Waals surface area contributed by atoms with E-state index >= 15 is 0 Å². The molecule has 0 spiro atoms. The van der Waals surface area contributed by atoms with Crippen LogP contribution >= 0.6 is 23.2 Å². The highest BCUT2D eigenvalue weighted by atomic mass is 35.5. The fourth-order valence-electron chi connectivity index (χ4n) is 2.64. The maximum absolute atomic E-state index is 12.4. The molecule has 1 atom stereocenters. The first-order valence-corrected chi connectivity index (χ1v) is 8.21. The standard InChI is InChI=1S/C17H15Cl2N3O2/c18-13-3-4-14(19)15(7-13)21-17(24)12-6-16(23)22(10-12)9-11-2-1-5-20-8-11/h1-5,7-8,12H,6,9-10H2,(H,21,24). The van der Waals surface area contributed by atoms with Gasteiger partial charge in [-0.05, 0) is 29.8 Å². The molecule has 1 aromatic carbocycles. The van der Waals surface area contributed by atoms with Crippen LogP contribution < -0.4 is 5.32 Å². The van der Waals surface area contributed by atoms with Crippen molar-refractivity contribution in [1.82, 2.24) is 9.88 Å². The molecule has 124 valence electrons. The smallest absolute Gasteiger partial charge is 0.229 e. The van der Waals surface area contributed by atoms with E-state index in [-0.39, 0.29) is 18.2 Å². The highest BCUT2D eigenvalue weighted by Crippen LogP contribution is 2.27. The van der Waals surface area contributed by atoms with Crippen LogP contribution in [0.2, 0.25) is 10.0 Å². The summed E-state index contributed by atoms with van der Waals surface area (Å²) < 4.78 is 0. The van der Waals surface area contributed by atoms with Crippen molar-refractivity contribution in [2.75, 3.05) is 11.9 Å². The molecule has 1 N–H and O–H groups in total. The molecule has 5 nitrogen and oxygen atoms in total. The molecular formula is C17H15Cl2N3O2. The number of pyridine rings is 1. The SMILES string of the molecule is O=C(Nc1cc(Cl)ccc1Cl)C1CC(=O)N(Cc2cccnc2)C1. The van der Waals surface area contributed by atoms with Gasteiger partial charge in [-0.2, -0.15) is 0 Å². The van der Waals surface area contributed by atoms with Gasteiger partial charge in [0.15, 0.2) is 0 Å². The van der Waals surface area contributed by atoms with Crippen LogP contribution in [0.5, 0.6) is 0 Å². The number of nitrogens with one attached hydrogen (secondary N) is 1. The minimum Gasteiger partial charge on any atom is -0.337 e. The van der Waals surface area contributed by atoms with Crippen LogP contribution in [0.25, 0.3) is 0 Å². The summed E-state index contributed by atoms with van der Waals surface area (Å²) in [5.41, 5.74) is 1.39. The predicted molar refractivity (Wildman–Crippen MR) is 92.9 cm³/mol. The number of hydrogen-bond acceptors (Lipinski definition) is 3. The third-order valence-electron chi connectivity index (χ3n) is 3.87. The lowest BCUT2D eigenvalue weighted by atomic mass is 10.1. The van der Waals surface area contributed by atoms with Crippen molar-refractivity contribution < 1.29 is 9.59 Å². The van der Waals surface area contributed by atoms with Gasteiger partial charge in [-0.15, -0.1) is 0 Å². The zero-order valence-corrected chi connectivity index (χ0v) is 14.2. The summed E-state index contributed by atoms with van der Waals surface area (Å²) in [6.07, 6.45) is 3.58. The average molecular weight is 364 g/mol. The number of halogens is 2. The van der Waals surface area contributed by atoms with Crippen molar-refractivity contribution in [2.24, 2.45) is 5.92 Å². The lowest BCUT2D eigenvalue weighted by Gasteiger charge is -2.16. The molecule has 2 aromatic rings. The molecule has 1 aromatic heterocycles. The van der Waals surface area contributed by atoms with Crippen LogP contribution in [0, 0.1) is 5.92 Å². The lowest BCUT2D eigenvalue weighted by molar-refractivity contribution is -0.128. The molecule has 1 unspecified atom stereocenters. The molecule has 0 radical (unpaired) electrons. The fourth-order valence-corrected chi connectivity index (χ4v) is 2.98. The number of amides is 2. The van der Waals surface area contributed by atoms with Crippen LogP contribution in [-0.4, -0.2) is 28.2 Å². The van der Waals surface area contributed by atoms with Gasteiger partial charge in [0.25, 0.3) is 0 Å². The summed E-state index contributed by atoms with van der Waals surface area (Å²) in [7, 11) is 0. The summed E-state index contributed by atoms with van der Waals surface area (Å²) in [5.74, 6) is -0.693. The van der Waals surface area contributed by atoms with Crippen molar-refractivity contribution in [1.29, 1.82) is 0 Å². The number of likely N-dealkylation sites (tertiary alicyclic amines) is 1. The second kappa shape index (κ2) is 7.20. The molecule has 1 saturated heterocycles. The van der Waals surface area contributed by atoms with Gasteiger partial charge in [0.1, 0.15) is 0 Å². The van der Waals surface area contributed by atoms with E-state index in [4.69, 9.17) is 23.2 Å². The zero-order chi connectivity index (χ0) is 17.1. The van der Waals surface area contributed by atoms with Crippen molar-refractivity contribution in [2.45, 2.75) is 13.0 Å². The Morgan fingerprint density at radius 2 is 2.17 bits per heavy atom. The highest BCUT2D eigenvalue weighted by molar-refractivity contribution is 6.35. The fraction of sp³-hybridized carbons (Fsp3) is 0.235. The normalized spacial score (nSPS) is 17.2. The van der Waals surface area contributed by atoms with Crippen molar-refractivity contribution in [3.63, 3.8) is 0 Å². The van der Waals surface area contributed by atoms with Crippen LogP contribution in [0.15, 0.2) is 42.7 Å². The molecule has 2 amide bonds. The number of aromatic nitrogens is 1. The second-order valence-corrected chi connectivity index (χ2v) is 6.49. The zero-order valence-electron chi connectivity index (χ0n) is 12.7. The summed E-state index contributed by atoms with van der Waals surface area (Å²) in [5, 5.41) is 3.64. The van der Waals surface area contributed by atoms with E-state index in [9.17, 15) is 9.59 Å². The van der Waals surface area contributed by atoms with Gasteiger partial charge < -0.3 is 10.2 Å². The number of carbonyl (C=O) groups is 2. The Labute approximate surface area is 149 Å². The van der Waals surface area contributed by atoms with E-state index in [2.05, 4.69) is 10.3 Å². The van der Waals surface area contributed by atoms with E-state index in [1.165, 1.54) is 0 Å². The monoisotopic (exact) mass is 363 g/mol. The summed E-state index contributed by atoms with van der Waals surface area (Å²) >= 11 is 12.0. The Bertz CT molecular complexity index is 768. The Kier molecular flexibility index (Phi) is 5.02. The van der Waals surface area contributed by atoms with Crippen molar-refractivity contribution in [3.8, 4) is 0 Å². The summed E-state index contributed by atoms with van der Waals surface area (Å²) in [6, 6.07) is 8.58. The van der Waals surface area contributed by atoms with Crippen LogP contribution in [-0.2, 0) is 16.1 Å². The van der Waals surface area contributed by atoms with E-state index in [0.29, 0.717) is 28.8 Å².